The monoisotopic (exact) mass is 382 g/mol. The van der Waals surface area contributed by atoms with Crippen LogP contribution in [0.3, 0.4) is 0 Å². The number of hydrogen-bond acceptors (Lipinski definition) is 6. The van der Waals surface area contributed by atoms with Gasteiger partial charge in [-0.3, -0.25) is 9.69 Å². The zero-order valence-corrected chi connectivity index (χ0v) is 16.8. The first kappa shape index (κ1) is 20.2. The maximum absolute atomic E-state index is 12.7. The van der Waals surface area contributed by atoms with Gasteiger partial charge in [-0.2, -0.15) is 0 Å². The van der Waals surface area contributed by atoms with Crippen LogP contribution in [0.5, 0.6) is 0 Å². The van der Waals surface area contributed by atoms with Crippen LogP contribution in [0.1, 0.15) is 22.5 Å². The highest BCUT2D eigenvalue weighted by atomic mass is 16.2. The van der Waals surface area contributed by atoms with E-state index in [1.807, 2.05) is 17.0 Å². The quantitative estimate of drug-likeness (QED) is 0.703. The number of carbonyl (C=O) groups excluding carboxylic acids is 1. The number of amides is 1. The molecule has 7 heteroatoms. The first-order chi connectivity index (χ1) is 13.6. The summed E-state index contributed by atoms with van der Waals surface area (Å²) in [5, 5.41) is 11.5. The molecule has 150 valence electrons. The fraction of sp³-hybridized carbons (Fsp3) is 0.476. The summed E-state index contributed by atoms with van der Waals surface area (Å²) < 4.78 is 0. The van der Waals surface area contributed by atoms with Gasteiger partial charge in [0, 0.05) is 39.3 Å². The average molecular weight is 383 g/mol. The van der Waals surface area contributed by atoms with Gasteiger partial charge in [0.1, 0.15) is 5.82 Å². The summed E-state index contributed by atoms with van der Waals surface area (Å²) in [5.74, 6) is 0.675. The summed E-state index contributed by atoms with van der Waals surface area (Å²) in [6, 6.07) is 14.0. The predicted molar refractivity (Wildman–Crippen MR) is 111 cm³/mol. The molecule has 0 aliphatic carbocycles. The number of rotatable bonds is 8. The van der Waals surface area contributed by atoms with Crippen LogP contribution in [-0.4, -0.2) is 84.2 Å². The molecule has 1 aromatic heterocycles. The van der Waals surface area contributed by atoms with Crippen molar-refractivity contribution in [1.82, 2.24) is 24.9 Å². The van der Waals surface area contributed by atoms with E-state index in [1.54, 1.807) is 6.07 Å². The van der Waals surface area contributed by atoms with Crippen LogP contribution in [0, 0.1) is 0 Å². The molecule has 1 aromatic carbocycles. The number of carbonyl (C=O) groups is 1. The van der Waals surface area contributed by atoms with E-state index in [0.29, 0.717) is 11.5 Å². The zero-order valence-electron chi connectivity index (χ0n) is 16.8. The van der Waals surface area contributed by atoms with E-state index in [-0.39, 0.29) is 5.91 Å². The van der Waals surface area contributed by atoms with E-state index in [1.165, 1.54) is 5.56 Å². The normalized spacial score (nSPS) is 15.0. The third-order valence-electron chi connectivity index (χ3n) is 4.88. The van der Waals surface area contributed by atoms with E-state index in [2.05, 4.69) is 63.7 Å². The van der Waals surface area contributed by atoms with Gasteiger partial charge in [0.25, 0.3) is 5.91 Å². The predicted octanol–water partition coefficient (Wildman–Crippen LogP) is 1.80. The lowest BCUT2D eigenvalue weighted by molar-refractivity contribution is 0.0621. The van der Waals surface area contributed by atoms with Gasteiger partial charge in [-0.05, 0) is 44.8 Å². The molecule has 28 heavy (non-hydrogen) atoms. The molecule has 1 aliphatic heterocycles. The fourth-order valence-electron chi connectivity index (χ4n) is 3.27. The molecule has 1 saturated heterocycles. The lowest BCUT2D eigenvalue weighted by Crippen LogP contribution is -2.48. The van der Waals surface area contributed by atoms with Crippen LogP contribution >= 0.6 is 0 Å². The molecular weight excluding hydrogens is 352 g/mol. The minimum atomic E-state index is -0.0361. The van der Waals surface area contributed by atoms with Gasteiger partial charge in [0.05, 0.1) is 0 Å². The Balaban J connectivity index is 1.44. The van der Waals surface area contributed by atoms with Gasteiger partial charge < -0.3 is 15.1 Å². The largest absolute Gasteiger partial charge is 0.369 e. The molecule has 1 aliphatic rings. The summed E-state index contributed by atoms with van der Waals surface area (Å²) in [6.45, 7) is 5.97. The highest BCUT2D eigenvalue weighted by Gasteiger charge is 2.23. The Morgan fingerprint density at radius 1 is 1.04 bits per heavy atom. The molecule has 0 bridgehead atoms. The van der Waals surface area contributed by atoms with Gasteiger partial charge in [-0.25, -0.2) is 0 Å². The Hall–Kier alpha value is -2.51. The van der Waals surface area contributed by atoms with Crippen LogP contribution < -0.4 is 5.32 Å². The first-order valence-corrected chi connectivity index (χ1v) is 9.90. The number of aromatic nitrogens is 2. The first-order valence-electron chi connectivity index (χ1n) is 9.90. The molecule has 0 atom stereocenters. The second kappa shape index (κ2) is 10.1. The summed E-state index contributed by atoms with van der Waals surface area (Å²) in [5.41, 5.74) is 1.72. The van der Waals surface area contributed by atoms with E-state index in [9.17, 15) is 4.79 Å². The zero-order chi connectivity index (χ0) is 19.8. The lowest BCUT2D eigenvalue weighted by Gasteiger charge is -2.34. The summed E-state index contributed by atoms with van der Waals surface area (Å²) in [7, 11) is 4.11. The van der Waals surface area contributed by atoms with E-state index >= 15 is 0 Å². The van der Waals surface area contributed by atoms with Crippen molar-refractivity contribution in [2.24, 2.45) is 0 Å². The molecule has 2 aromatic rings. The minimum Gasteiger partial charge on any atom is -0.369 e. The molecule has 7 nitrogen and oxygen atoms in total. The Morgan fingerprint density at radius 2 is 1.79 bits per heavy atom. The molecule has 0 unspecified atom stereocenters. The van der Waals surface area contributed by atoms with Crippen LogP contribution in [0.4, 0.5) is 5.82 Å². The number of nitrogens with one attached hydrogen (secondary N) is 1. The fourth-order valence-corrected chi connectivity index (χ4v) is 3.27. The summed E-state index contributed by atoms with van der Waals surface area (Å²) in [4.78, 5) is 19.1. The van der Waals surface area contributed by atoms with Crippen molar-refractivity contribution in [1.29, 1.82) is 0 Å². The van der Waals surface area contributed by atoms with Gasteiger partial charge in [0.2, 0.25) is 0 Å². The van der Waals surface area contributed by atoms with Gasteiger partial charge >= 0.3 is 0 Å². The van der Waals surface area contributed by atoms with E-state index in [0.717, 1.165) is 52.2 Å². The van der Waals surface area contributed by atoms with Crippen molar-refractivity contribution in [2.45, 2.75) is 13.0 Å². The number of hydrogen-bond donors (Lipinski definition) is 1. The maximum atomic E-state index is 12.7. The van der Waals surface area contributed by atoms with Crippen molar-refractivity contribution in [2.75, 3.05) is 58.7 Å². The molecule has 1 amide bonds. The van der Waals surface area contributed by atoms with Crippen molar-refractivity contribution in [3.8, 4) is 0 Å². The van der Waals surface area contributed by atoms with Gasteiger partial charge in [-0.1, -0.05) is 30.3 Å². The number of anilines is 1. The Kier molecular flexibility index (Phi) is 7.33. The summed E-state index contributed by atoms with van der Waals surface area (Å²) >= 11 is 0. The second-order valence-corrected chi connectivity index (χ2v) is 7.44. The highest BCUT2D eigenvalue weighted by molar-refractivity contribution is 5.92. The molecule has 2 heterocycles. The third-order valence-corrected chi connectivity index (χ3v) is 4.88. The second-order valence-electron chi connectivity index (χ2n) is 7.44. The molecule has 0 spiro atoms. The molecule has 0 radical (unpaired) electrons. The molecule has 0 saturated carbocycles. The number of nitrogens with zero attached hydrogens (tertiary/aromatic N) is 5. The van der Waals surface area contributed by atoms with Crippen LogP contribution in [0.15, 0.2) is 42.5 Å². The maximum Gasteiger partial charge on any atom is 0.274 e. The third kappa shape index (κ3) is 6.00. The van der Waals surface area contributed by atoms with Crippen LogP contribution in [0.2, 0.25) is 0 Å². The number of piperazine rings is 1. The average Bonchev–Trinajstić information content (AvgIpc) is 2.72. The Labute approximate surface area is 167 Å². The van der Waals surface area contributed by atoms with Crippen molar-refractivity contribution >= 4 is 11.7 Å². The number of benzene rings is 1. The van der Waals surface area contributed by atoms with E-state index in [4.69, 9.17) is 0 Å². The standard InChI is InChI=1S/C21H30N6O/c1-25(2)12-6-11-22-20-10-9-19(23-24-20)21(28)27-15-13-26(14-16-27)17-18-7-4-3-5-8-18/h3-5,7-10H,6,11-17H2,1-2H3,(H,22,24). The van der Waals surface area contributed by atoms with Gasteiger partial charge in [0.15, 0.2) is 5.69 Å². The van der Waals surface area contributed by atoms with Gasteiger partial charge in [-0.15, -0.1) is 10.2 Å². The Morgan fingerprint density at radius 3 is 2.43 bits per heavy atom. The molecule has 3 rings (SSSR count). The minimum absolute atomic E-state index is 0.0361. The summed E-state index contributed by atoms with van der Waals surface area (Å²) in [6.07, 6.45) is 1.03. The van der Waals surface area contributed by atoms with Crippen molar-refractivity contribution in [3.05, 3.63) is 53.7 Å². The Bertz CT molecular complexity index is 726. The topological polar surface area (TPSA) is 64.6 Å². The van der Waals surface area contributed by atoms with Crippen molar-refractivity contribution in [3.63, 3.8) is 0 Å². The van der Waals surface area contributed by atoms with Crippen LogP contribution in [-0.2, 0) is 6.54 Å². The highest BCUT2D eigenvalue weighted by Crippen LogP contribution is 2.11. The van der Waals surface area contributed by atoms with Crippen LogP contribution in [0.25, 0.3) is 0 Å². The molecular formula is C21H30N6O. The lowest BCUT2D eigenvalue weighted by atomic mass is 10.2. The van der Waals surface area contributed by atoms with E-state index < -0.39 is 0 Å². The SMILES string of the molecule is CN(C)CCCNc1ccc(C(=O)N2CCN(Cc3ccccc3)CC2)nn1. The smallest absolute Gasteiger partial charge is 0.274 e. The van der Waals surface area contributed by atoms with Crippen molar-refractivity contribution < 1.29 is 4.79 Å². The molecule has 1 N–H and O–H groups in total. The molecule has 1 fully saturated rings.